The fraction of sp³-hybridized carbons (Fsp3) is 0.538. The topological polar surface area (TPSA) is 107 Å². The van der Waals surface area contributed by atoms with Crippen LogP contribution in [0.25, 0.3) is 0 Å². The van der Waals surface area contributed by atoms with Crippen LogP contribution in [-0.2, 0) is 19.1 Å². The number of carbonyl (C=O) groups is 2. The molecule has 0 bridgehead atoms. The van der Waals surface area contributed by atoms with Gasteiger partial charge in [0.25, 0.3) is 5.56 Å². The standard InChI is InChI=1S/C13H15IN2O6/c1-6(17)8-3-11(22-10(8)5-21-7(2)18)16-4-9(14)12(19)15-13(16)20/h4,8,10-11H,3,5H2,1-2H3,(H,15,19,20)/t8?,10-,11-/m0/s1. The van der Waals surface area contributed by atoms with Gasteiger partial charge in [-0.1, -0.05) is 0 Å². The van der Waals surface area contributed by atoms with Gasteiger partial charge in [0, 0.05) is 19.5 Å². The lowest BCUT2D eigenvalue weighted by Gasteiger charge is -2.16. The van der Waals surface area contributed by atoms with Crippen LogP contribution in [0, 0.1) is 9.49 Å². The average molecular weight is 422 g/mol. The molecule has 0 spiro atoms. The van der Waals surface area contributed by atoms with Crippen molar-refractivity contribution in [2.45, 2.75) is 32.6 Å². The highest BCUT2D eigenvalue weighted by molar-refractivity contribution is 14.1. The number of H-pyrrole nitrogens is 1. The Morgan fingerprint density at radius 2 is 2.14 bits per heavy atom. The van der Waals surface area contributed by atoms with E-state index in [-0.39, 0.29) is 18.8 Å². The fourth-order valence-corrected chi connectivity index (χ4v) is 2.79. The maximum Gasteiger partial charge on any atom is 0.330 e. The van der Waals surface area contributed by atoms with E-state index in [0.717, 1.165) is 0 Å². The van der Waals surface area contributed by atoms with Crippen molar-refractivity contribution in [1.29, 1.82) is 0 Å². The largest absolute Gasteiger partial charge is 0.463 e. The zero-order valence-electron chi connectivity index (χ0n) is 12.0. The van der Waals surface area contributed by atoms with Gasteiger partial charge in [-0.25, -0.2) is 4.79 Å². The molecule has 22 heavy (non-hydrogen) atoms. The third-order valence-corrected chi connectivity index (χ3v) is 4.21. The van der Waals surface area contributed by atoms with Gasteiger partial charge in [-0.2, -0.15) is 0 Å². The summed E-state index contributed by atoms with van der Waals surface area (Å²) in [6.45, 7) is 2.64. The van der Waals surface area contributed by atoms with Gasteiger partial charge in [-0.05, 0) is 29.5 Å². The first kappa shape index (κ1) is 16.9. The van der Waals surface area contributed by atoms with Gasteiger partial charge in [0.15, 0.2) is 0 Å². The molecule has 9 heteroatoms. The van der Waals surface area contributed by atoms with Gasteiger partial charge in [-0.3, -0.25) is 23.9 Å². The molecule has 1 saturated heterocycles. The van der Waals surface area contributed by atoms with Crippen LogP contribution in [0.1, 0.15) is 26.5 Å². The number of aromatic nitrogens is 2. The minimum atomic E-state index is -0.688. The lowest BCUT2D eigenvalue weighted by molar-refractivity contribution is -0.147. The molecule has 8 nitrogen and oxygen atoms in total. The molecule has 1 aliphatic rings. The molecular formula is C13H15IN2O6. The SMILES string of the molecule is CC(=O)OC[C@@H]1O[C@H](n2cc(I)c(=O)[nH]c2=O)CC1C(C)=O. The van der Waals surface area contributed by atoms with Crippen LogP contribution in [0.15, 0.2) is 15.8 Å². The Bertz CT molecular complexity index is 709. The summed E-state index contributed by atoms with van der Waals surface area (Å²) >= 11 is 1.81. The summed E-state index contributed by atoms with van der Waals surface area (Å²) in [6.07, 6.45) is 0.372. The van der Waals surface area contributed by atoms with Crippen molar-refractivity contribution in [3.05, 3.63) is 30.6 Å². The highest BCUT2D eigenvalue weighted by atomic mass is 127. The molecule has 0 amide bonds. The quantitative estimate of drug-likeness (QED) is 0.549. The monoisotopic (exact) mass is 422 g/mol. The van der Waals surface area contributed by atoms with Crippen LogP contribution < -0.4 is 11.2 Å². The van der Waals surface area contributed by atoms with E-state index >= 15 is 0 Å². The van der Waals surface area contributed by atoms with E-state index < -0.39 is 35.5 Å². The third kappa shape index (κ3) is 3.64. The molecule has 0 saturated carbocycles. The second kappa shape index (κ2) is 6.73. The number of carbonyl (C=O) groups excluding carboxylic acids is 2. The first-order chi connectivity index (χ1) is 10.3. The molecule has 2 rings (SSSR count). The Morgan fingerprint density at radius 3 is 2.73 bits per heavy atom. The van der Waals surface area contributed by atoms with Crippen molar-refractivity contribution in [3.8, 4) is 0 Å². The Kier molecular flexibility index (Phi) is 5.16. The average Bonchev–Trinajstić information content (AvgIpc) is 2.84. The summed E-state index contributed by atoms with van der Waals surface area (Å²) in [5, 5.41) is 0. The summed E-state index contributed by atoms with van der Waals surface area (Å²) in [5.41, 5.74) is -1.08. The van der Waals surface area contributed by atoms with Crippen LogP contribution in [0.3, 0.4) is 0 Å². The van der Waals surface area contributed by atoms with Gasteiger partial charge in [0.05, 0.1) is 9.49 Å². The van der Waals surface area contributed by atoms with Gasteiger partial charge in [-0.15, -0.1) is 0 Å². The minimum absolute atomic E-state index is 0.0503. The smallest absolute Gasteiger partial charge is 0.330 e. The molecule has 1 aromatic rings. The lowest BCUT2D eigenvalue weighted by atomic mass is 9.97. The number of rotatable bonds is 4. The Hall–Kier alpha value is -1.49. The second-order valence-electron chi connectivity index (χ2n) is 5.03. The van der Waals surface area contributed by atoms with Gasteiger partial charge >= 0.3 is 11.7 Å². The zero-order valence-corrected chi connectivity index (χ0v) is 14.2. The van der Waals surface area contributed by atoms with Crippen molar-refractivity contribution in [3.63, 3.8) is 0 Å². The maximum absolute atomic E-state index is 11.9. The first-order valence-corrected chi connectivity index (χ1v) is 7.67. The lowest BCUT2D eigenvalue weighted by Crippen LogP contribution is -2.33. The van der Waals surface area contributed by atoms with E-state index in [1.807, 2.05) is 0 Å². The minimum Gasteiger partial charge on any atom is -0.463 e. The first-order valence-electron chi connectivity index (χ1n) is 6.60. The van der Waals surface area contributed by atoms with Crippen molar-refractivity contribution >= 4 is 34.3 Å². The Labute approximate surface area is 138 Å². The number of ketones is 1. The van der Waals surface area contributed by atoms with Gasteiger partial charge < -0.3 is 9.47 Å². The Balaban J connectivity index is 2.25. The number of halogens is 1. The molecule has 0 aliphatic carbocycles. The number of Topliss-reactive ketones (excluding diaryl/α,β-unsaturated/α-hetero) is 1. The molecule has 0 radical (unpaired) electrons. The zero-order chi connectivity index (χ0) is 16.4. The van der Waals surface area contributed by atoms with E-state index in [2.05, 4.69) is 4.98 Å². The Morgan fingerprint density at radius 1 is 1.45 bits per heavy atom. The number of ether oxygens (including phenoxy) is 2. The van der Waals surface area contributed by atoms with Crippen molar-refractivity contribution in [2.75, 3.05) is 6.61 Å². The number of nitrogens with zero attached hydrogens (tertiary/aromatic N) is 1. The van der Waals surface area contributed by atoms with Crippen LogP contribution in [0.4, 0.5) is 0 Å². The van der Waals surface area contributed by atoms with Crippen molar-refractivity contribution < 1.29 is 19.1 Å². The summed E-state index contributed by atoms with van der Waals surface area (Å²) in [5.74, 6) is -1.04. The van der Waals surface area contributed by atoms with Crippen molar-refractivity contribution in [1.82, 2.24) is 9.55 Å². The second-order valence-corrected chi connectivity index (χ2v) is 6.19. The molecule has 1 aliphatic heterocycles. The summed E-state index contributed by atoms with van der Waals surface area (Å²) in [6, 6.07) is 0. The van der Waals surface area contributed by atoms with Gasteiger partial charge in [0.1, 0.15) is 24.7 Å². The number of hydrogen-bond acceptors (Lipinski definition) is 6. The molecule has 2 heterocycles. The molecule has 3 atom stereocenters. The van der Waals surface area contributed by atoms with Gasteiger partial charge in [0.2, 0.25) is 0 Å². The van der Waals surface area contributed by atoms with E-state index in [1.165, 1.54) is 24.6 Å². The molecule has 1 N–H and O–H groups in total. The van der Waals surface area contributed by atoms with Crippen LogP contribution in [-0.4, -0.2) is 34.0 Å². The molecule has 1 aromatic heterocycles. The maximum atomic E-state index is 11.9. The van der Waals surface area contributed by atoms with E-state index in [4.69, 9.17) is 9.47 Å². The molecule has 0 aromatic carbocycles. The summed E-state index contributed by atoms with van der Waals surface area (Å²) in [7, 11) is 0. The van der Waals surface area contributed by atoms with E-state index in [9.17, 15) is 19.2 Å². The normalized spacial score (nSPS) is 24.2. The number of esters is 1. The number of nitrogens with one attached hydrogen (secondary N) is 1. The highest BCUT2D eigenvalue weighted by Crippen LogP contribution is 2.33. The van der Waals surface area contributed by atoms with Crippen molar-refractivity contribution in [2.24, 2.45) is 5.92 Å². The molecular weight excluding hydrogens is 407 g/mol. The van der Waals surface area contributed by atoms with E-state index in [0.29, 0.717) is 3.57 Å². The molecule has 120 valence electrons. The van der Waals surface area contributed by atoms with Crippen LogP contribution >= 0.6 is 22.6 Å². The number of aromatic amines is 1. The molecule has 1 unspecified atom stereocenters. The van der Waals surface area contributed by atoms with Crippen LogP contribution in [0.5, 0.6) is 0 Å². The number of hydrogen-bond donors (Lipinski definition) is 1. The summed E-state index contributed by atoms with van der Waals surface area (Å²) < 4.78 is 12.2. The highest BCUT2D eigenvalue weighted by Gasteiger charge is 2.40. The molecule has 1 fully saturated rings. The predicted molar refractivity (Wildman–Crippen MR) is 83.4 cm³/mol. The summed E-state index contributed by atoms with van der Waals surface area (Å²) in [4.78, 5) is 48.1. The fourth-order valence-electron chi connectivity index (χ4n) is 2.36. The van der Waals surface area contributed by atoms with E-state index in [1.54, 1.807) is 22.6 Å². The van der Waals surface area contributed by atoms with Crippen LogP contribution in [0.2, 0.25) is 0 Å². The third-order valence-electron chi connectivity index (χ3n) is 3.44. The predicted octanol–water partition coefficient (Wildman–Crippen LogP) is 0.197.